The lowest BCUT2D eigenvalue weighted by Crippen LogP contribution is -2.22. The van der Waals surface area contributed by atoms with E-state index in [1.807, 2.05) is 5.38 Å². The molecule has 0 fully saturated rings. The summed E-state index contributed by atoms with van der Waals surface area (Å²) in [6.07, 6.45) is 0.705. The van der Waals surface area contributed by atoms with E-state index >= 15 is 0 Å². The van der Waals surface area contributed by atoms with Gasteiger partial charge in [-0.05, 0) is 12.1 Å². The first kappa shape index (κ1) is 12.3. The summed E-state index contributed by atoms with van der Waals surface area (Å²) >= 11 is 1.54. The maximum atomic E-state index is 11.9. The number of aromatic nitrogens is 1. The number of benzene rings is 1. The summed E-state index contributed by atoms with van der Waals surface area (Å²) in [7, 11) is -3.43. The number of nitrogens with one attached hydrogen (secondary N) is 1. The SMILES string of the molecule is O=S1(=O)NC(=NCCc2cscn2)c2ccccc21. The smallest absolute Gasteiger partial charge is 0.263 e. The van der Waals surface area contributed by atoms with Gasteiger partial charge in [-0.25, -0.2) is 13.4 Å². The van der Waals surface area contributed by atoms with Crippen LogP contribution >= 0.6 is 11.3 Å². The van der Waals surface area contributed by atoms with Crippen LogP contribution in [0.3, 0.4) is 0 Å². The van der Waals surface area contributed by atoms with Crippen LogP contribution in [0, 0.1) is 0 Å². The number of hydrogen-bond acceptors (Lipinski definition) is 5. The van der Waals surface area contributed by atoms with Gasteiger partial charge in [0.05, 0.1) is 16.1 Å². The summed E-state index contributed by atoms with van der Waals surface area (Å²) in [5.41, 5.74) is 3.39. The number of sulfonamides is 1. The molecule has 98 valence electrons. The Morgan fingerprint density at radius 1 is 1.32 bits per heavy atom. The van der Waals surface area contributed by atoms with Crippen molar-refractivity contribution in [3.05, 3.63) is 46.4 Å². The van der Waals surface area contributed by atoms with Crippen LogP contribution in [0.15, 0.2) is 45.0 Å². The van der Waals surface area contributed by atoms with Gasteiger partial charge in [-0.15, -0.1) is 11.3 Å². The van der Waals surface area contributed by atoms with Gasteiger partial charge in [0.1, 0.15) is 5.84 Å². The van der Waals surface area contributed by atoms with Crippen LogP contribution in [0.25, 0.3) is 0 Å². The highest BCUT2D eigenvalue weighted by Gasteiger charge is 2.29. The van der Waals surface area contributed by atoms with Gasteiger partial charge in [0.2, 0.25) is 0 Å². The summed E-state index contributed by atoms with van der Waals surface area (Å²) in [6, 6.07) is 6.85. The van der Waals surface area contributed by atoms with Crippen LogP contribution in [0.5, 0.6) is 0 Å². The molecule has 19 heavy (non-hydrogen) atoms. The van der Waals surface area contributed by atoms with Crippen LogP contribution in [-0.2, 0) is 16.4 Å². The minimum atomic E-state index is -3.43. The van der Waals surface area contributed by atoms with Crippen LogP contribution in [0.2, 0.25) is 0 Å². The molecule has 2 heterocycles. The number of amidine groups is 1. The molecule has 0 amide bonds. The molecule has 0 bridgehead atoms. The Morgan fingerprint density at radius 2 is 2.16 bits per heavy atom. The van der Waals surface area contributed by atoms with Crippen LogP contribution in [0.4, 0.5) is 0 Å². The Balaban J connectivity index is 1.83. The van der Waals surface area contributed by atoms with Crippen molar-refractivity contribution in [2.75, 3.05) is 6.54 Å². The van der Waals surface area contributed by atoms with E-state index in [1.54, 1.807) is 29.8 Å². The molecule has 1 aromatic heterocycles. The Hall–Kier alpha value is -1.73. The highest BCUT2D eigenvalue weighted by molar-refractivity contribution is 7.90. The van der Waals surface area contributed by atoms with Gasteiger partial charge < -0.3 is 0 Å². The maximum Gasteiger partial charge on any atom is 0.263 e. The summed E-state index contributed by atoms with van der Waals surface area (Å²) in [5, 5.41) is 1.97. The molecule has 2 aromatic rings. The van der Waals surface area contributed by atoms with Crippen LogP contribution < -0.4 is 4.72 Å². The third kappa shape index (κ3) is 2.39. The molecular formula is C12H11N3O2S2. The zero-order valence-corrected chi connectivity index (χ0v) is 11.5. The highest BCUT2D eigenvalue weighted by atomic mass is 32.2. The van der Waals surface area contributed by atoms with Gasteiger partial charge in [-0.1, -0.05) is 12.1 Å². The van der Waals surface area contributed by atoms with Crippen molar-refractivity contribution in [3.8, 4) is 0 Å². The molecule has 5 nitrogen and oxygen atoms in total. The zero-order valence-electron chi connectivity index (χ0n) is 9.91. The van der Waals surface area contributed by atoms with E-state index in [-0.39, 0.29) is 0 Å². The molecule has 0 saturated heterocycles. The number of aliphatic imine (C=N–C) groups is 1. The number of fused-ring (bicyclic) bond motifs is 1. The predicted octanol–water partition coefficient (Wildman–Crippen LogP) is 1.42. The minimum absolute atomic E-state index is 0.294. The van der Waals surface area contributed by atoms with Gasteiger partial charge in [-0.2, -0.15) is 0 Å². The van der Waals surface area contributed by atoms with E-state index in [1.165, 1.54) is 11.3 Å². The van der Waals surface area contributed by atoms with E-state index in [0.29, 0.717) is 29.3 Å². The Kier molecular flexibility index (Phi) is 3.08. The fourth-order valence-corrected chi connectivity index (χ4v) is 3.74. The zero-order chi connectivity index (χ0) is 13.3. The highest BCUT2D eigenvalue weighted by Crippen LogP contribution is 2.22. The lowest BCUT2D eigenvalue weighted by Gasteiger charge is -1.98. The van der Waals surface area contributed by atoms with Crippen LogP contribution in [0.1, 0.15) is 11.3 Å². The van der Waals surface area contributed by atoms with E-state index in [9.17, 15) is 8.42 Å². The van der Waals surface area contributed by atoms with Gasteiger partial charge >= 0.3 is 0 Å². The molecule has 1 aliphatic rings. The van der Waals surface area contributed by atoms with Crippen molar-refractivity contribution in [2.45, 2.75) is 11.3 Å². The van der Waals surface area contributed by atoms with Crippen molar-refractivity contribution in [1.29, 1.82) is 0 Å². The van der Waals surface area contributed by atoms with E-state index < -0.39 is 10.0 Å². The maximum absolute atomic E-state index is 11.9. The van der Waals surface area contributed by atoms with E-state index in [0.717, 1.165) is 5.69 Å². The van der Waals surface area contributed by atoms with Gasteiger partial charge in [0, 0.05) is 23.9 Å². The molecule has 1 aromatic carbocycles. The molecule has 0 saturated carbocycles. The van der Waals surface area contributed by atoms with Crippen molar-refractivity contribution in [2.24, 2.45) is 4.99 Å². The average molecular weight is 293 g/mol. The predicted molar refractivity (Wildman–Crippen MR) is 74.0 cm³/mol. The molecule has 1 aliphatic heterocycles. The lowest BCUT2D eigenvalue weighted by atomic mass is 10.2. The molecule has 0 atom stereocenters. The van der Waals surface area contributed by atoms with Crippen molar-refractivity contribution in [1.82, 2.24) is 9.71 Å². The molecule has 0 unspecified atom stereocenters. The standard InChI is InChI=1S/C12H11N3O2S2/c16-19(17)11-4-2-1-3-10(11)12(15-19)13-6-5-9-7-18-8-14-9/h1-4,7-8H,5-6H2,(H,13,15). The lowest BCUT2D eigenvalue weighted by molar-refractivity contribution is 0.595. The monoisotopic (exact) mass is 293 g/mol. The number of thiazole rings is 1. The van der Waals surface area contributed by atoms with Gasteiger partial charge in [0.25, 0.3) is 10.0 Å². The molecule has 0 aliphatic carbocycles. The first-order valence-corrected chi connectivity index (χ1v) is 8.13. The van der Waals surface area contributed by atoms with Crippen LogP contribution in [-0.4, -0.2) is 25.8 Å². The van der Waals surface area contributed by atoms with E-state index in [2.05, 4.69) is 14.7 Å². The summed E-state index contributed by atoms with van der Waals surface area (Å²) in [4.78, 5) is 8.78. The van der Waals surface area contributed by atoms with Gasteiger partial charge in [-0.3, -0.25) is 9.71 Å². The number of rotatable bonds is 3. The minimum Gasteiger partial charge on any atom is -0.267 e. The fourth-order valence-electron chi connectivity index (χ4n) is 1.89. The third-order valence-electron chi connectivity index (χ3n) is 2.78. The van der Waals surface area contributed by atoms with Crippen molar-refractivity contribution >= 4 is 27.2 Å². The second-order valence-electron chi connectivity index (χ2n) is 4.06. The Labute approximate surface area is 115 Å². The fraction of sp³-hybridized carbons (Fsp3) is 0.167. The second-order valence-corrected chi connectivity index (χ2v) is 6.43. The molecule has 3 rings (SSSR count). The van der Waals surface area contributed by atoms with Crippen molar-refractivity contribution in [3.63, 3.8) is 0 Å². The number of hydrogen-bond donors (Lipinski definition) is 1. The first-order valence-electron chi connectivity index (χ1n) is 5.70. The largest absolute Gasteiger partial charge is 0.267 e. The Morgan fingerprint density at radius 3 is 2.95 bits per heavy atom. The molecule has 1 N–H and O–H groups in total. The molecule has 0 spiro atoms. The topological polar surface area (TPSA) is 71.4 Å². The van der Waals surface area contributed by atoms with Gasteiger partial charge in [0.15, 0.2) is 0 Å². The first-order chi connectivity index (χ1) is 9.17. The molecule has 0 radical (unpaired) electrons. The van der Waals surface area contributed by atoms with E-state index in [4.69, 9.17) is 0 Å². The average Bonchev–Trinajstić information content (AvgIpc) is 2.98. The molecule has 7 heteroatoms. The normalized spacial score (nSPS) is 18.2. The summed E-state index contributed by atoms with van der Waals surface area (Å²) in [5.74, 6) is 0.422. The third-order valence-corrected chi connectivity index (χ3v) is 4.82. The quantitative estimate of drug-likeness (QED) is 0.930. The molecular weight excluding hydrogens is 282 g/mol. The number of nitrogens with zero attached hydrogens (tertiary/aromatic N) is 2. The Bertz CT molecular complexity index is 721. The van der Waals surface area contributed by atoms with Crippen molar-refractivity contribution < 1.29 is 8.42 Å². The summed E-state index contributed by atoms with van der Waals surface area (Å²) in [6.45, 7) is 0.510. The second kappa shape index (κ2) is 4.75. The summed E-state index contributed by atoms with van der Waals surface area (Å²) < 4.78 is 26.2.